The maximum Gasteiger partial charge on any atom is 0.309 e. The van der Waals surface area contributed by atoms with Gasteiger partial charge in [0, 0.05) is 0 Å². The van der Waals surface area contributed by atoms with E-state index in [2.05, 4.69) is 13.8 Å². The summed E-state index contributed by atoms with van der Waals surface area (Å²) in [7, 11) is 0. The van der Waals surface area contributed by atoms with E-state index in [1.165, 1.54) is 19.3 Å². The van der Waals surface area contributed by atoms with Crippen LogP contribution < -0.4 is 0 Å². The first-order valence-electron chi connectivity index (χ1n) is 11.2. The van der Waals surface area contributed by atoms with E-state index < -0.39 is 5.60 Å². The highest BCUT2D eigenvalue weighted by Gasteiger charge is 2.62. The van der Waals surface area contributed by atoms with Gasteiger partial charge in [-0.25, -0.2) is 0 Å². The molecule has 4 unspecified atom stereocenters. The van der Waals surface area contributed by atoms with Crippen molar-refractivity contribution < 1.29 is 19.1 Å². The highest BCUT2D eigenvalue weighted by molar-refractivity contribution is 5.76. The second-order valence-corrected chi connectivity index (χ2v) is 12.0. The molecule has 4 nitrogen and oxygen atoms in total. The summed E-state index contributed by atoms with van der Waals surface area (Å²) in [5.41, 5.74) is -0.139. The number of rotatable bonds is 6. The van der Waals surface area contributed by atoms with E-state index in [9.17, 15) is 9.59 Å². The largest absolute Gasteiger partial charge is 0.460 e. The monoisotopic (exact) mass is 392 g/mol. The van der Waals surface area contributed by atoms with Crippen LogP contribution in [0.2, 0.25) is 0 Å². The molecule has 0 heterocycles. The van der Waals surface area contributed by atoms with Gasteiger partial charge in [0.25, 0.3) is 0 Å². The lowest BCUT2D eigenvalue weighted by Gasteiger charge is -2.64. The predicted octanol–water partition coefficient (Wildman–Crippen LogP) is 5.67. The molecule has 0 aromatic carbocycles. The smallest absolute Gasteiger partial charge is 0.309 e. The summed E-state index contributed by atoms with van der Waals surface area (Å²) in [5, 5.41) is 0. The molecule has 0 amide bonds. The van der Waals surface area contributed by atoms with Gasteiger partial charge >= 0.3 is 11.9 Å². The number of hydrogen-bond acceptors (Lipinski definition) is 4. The van der Waals surface area contributed by atoms with E-state index in [4.69, 9.17) is 9.47 Å². The summed E-state index contributed by atoms with van der Waals surface area (Å²) < 4.78 is 11.8. The van der Waals surface area contributed by atoms with Crippen LogP contribution in [0.25, 0.3) is 0 Å². The Morgan fingerprint density at radius 3 is 2.04 bits per heavy atom. The molecule has 0 saturated heterocycles. The molecule has 0 aromatic heterocycles. The zero-order valence-electron chi connectivity index (χ0n) is 19.0. The Morgan fingerprint density at radius 1 is 1.00 bits per heavy atom. The molecule has 160 valence electrons. The average Bonchev–Trinajstić information content (AvgIpc) is 2.46. The third-order valence-corrected chi connectivity index (χ3v) is 7.17. The highest BCUT2D eigenvalue weighted by atomic mass is 16.6. The van der Waals surface area contributed by atoms with Crippen LogP contribution >= 0.6 is 0 Å². The van der Waals surface area contributed by atoms with Gasteiger partial charge in [0.15, 0.2) is 0 Å². The van der Waals surface area contributed by atoms with Crippen molar-refractivity contribution in [3.05, 3.63) is 0 Å². The fourth-order valence-corrected chi connectivity index (χ4v) is 7.11. The first-order chi connectivity index (χ1) is 12.8. The summed E-state index contributed by atoms with van der Waals surface area (Å²) >= 11 is 0. The van der Waals surface area contributed by atoms with Crippen LogP contribution in [0.4, 0.5) is 0 Å². The SMILES string of the molecule is CCC(CC(C)C(=O)OC(C)(C)C)C(=O)OC12CC3CC(C)(CC(C)(C3)C1)C2. The molecule has 0 aromatic rings. The molecule has 4 atom stereocenters. The van der Waals surface area contributed by atoms with Gasteiger partial charge in [-0.2, -0.15) is 0 Å². The molecule has 0 spiro atoms. The third-order valence-electron chi connectivity index (χ3n) is 7.17. The molecule has 4 aliphatic carbocycles. The van der Waals surface area contributed by atoms with E-state index >= 15 is 0 Å². The molecular weight excluding hydrogens is 352 g/mol. The van der Waals surface area contributed by atoms with Gasteiger partial charge in [0.1, 0.15) is 11.2 Å². The second-order valence-electron chi connectivity index (χ2n) is 12.0. The zero-order valence-corrected chi connectivity index (χ0v) is 19.0. The van der Waals surface area contributed by atoms with E-state index in [0.717, 1.165) is 19.3 Å². The molecule has 0 radical (unpaired) electrons. The maximum atomic E-state index is 13.1. The van der Waals surface area contributed by atoms with Crippen molar-refractivity contribution >= 4 is 11.9 Å². The first kappa shape index (κ1) is 21.6. The summed E-state index contributed by atoms with van der Waals surface area (Å²) in [5.74, 6) is -0.181. The molecular formula is C24H40O4. The van der Waals surface area contributed by atoms with Crippen LogP contribution in [0.1, 0.15) is 99.8 Å². The molecule has 0 N–H and O–H groups in total. The third kappa shape index (κ3) is 4.57. The van der Waals surface area contributed by atoms with Crippen LogP contribution in [0.3, 0.4) is 0 Å². The summed E-state index contributed by atoms with van der Waals surface area (Å²) in [4.78, 5) is 25.5. The normalized spacial score (nSPS) is 38.8. The number of esters is 2. The van der Waals surface area contributed by atoms with Crippen molar-refractivity contribution in [1.82, 2.24) is 0 Å². The van der Waals surface area contributed by atoms with E-state index in [1.807, 2.05) is 34.6 Å². The number of carbonyl (C=O) groups is 2. The Labute approximate surface area is 171 Å². The Kier molecular flexibility index (Phi) is 5.43. The summed E-state index contributed by atoms with van der Waals surface area (Å²) in [6.07, 6.45) is 8.08. The first-order valence-corrected chi connectivity index (χ1v) is 11.2. The number of carbonyl (C=O) groups excluding carboxylic acids is 2. The van der Waals surface area contributed by atoms with Gasteiger partial charge in [-0.1, -0.05) is 27.7 Å². The van der Waals surface area contributed by atoms with Crippen LogP contribution in [-0.4, -0.2) is 23.1 Å². The molecule has 4 aliphatic rings. The number of ether oxygens (including phenoxy) is 2. The van der Waals surface area contributed by atoms with E-state index in [1.54, 1.807) is 0 Å². The maximum absolute atomic E-state index is 13.1. The van der Waals surface area contributed by atoms with Gasteiger partial charge in [-0.05, 0) is 88.9 Å². The Bertz CT molecular complexity index is 613. The van der Waals surface area contributed by atoms with Crippen LogP contribution in [0, 0.1) is 28.6 Å². The van der Waals surface area contributed by atoms with Crippen molar-refractivity contribution in [2.75, 3.05) is 0 Å². The lowest BCUT2D eigenvalue weighted by atomic mass is 9.43. The Hall–Kier alpha value is -1.06. The van der Waals surface area contributed by atoms with E-state index in [-0.39, 0.29) is 29.4 Å². The van der Waals surface area contributed by atoms with E-state index in [0.29, 0.717) is 29.6 Å². The molecule has 4 heteroatoms. The minimum absolute atomic E-state index is 0.105. The van der Waals surface area contributed by atoms with Crippen LogP contribution in [0.15, 0.2) is 0 Å². The minimum Gasteiger partial charge on any atom is -0.460 e. The molecule has 4 fully saturated rings. The second kappa shape index (κ2) is 7.02. The van der Waals surface area contributed by atoms with Crippen molar-refractivity contribution in [1.29, 1.82) is 0 Å². The number of hydrogen-bond donors (Lipinski definition) is 0. The summed E-state index contributed by atoms with van der Waals surface area (Å²) in [6, 6.07) is 0. The van der Waals surface area contributed by atoms with Gasteiger partial charge in [0.2, 0.25) is 0 Å². The van der Waals surface area contributed by atoms with Crippen LogP contribution in [0.5, 0.6) is 0 Å². The van der Waals surface area contributed by atoms with Gasteiger partial charge < -0.3 is 9.47 Å². The van der Waals surface area contributed by atoms with Gasteiger partial charge in [-0.3, -0.25) is 9.59 Å². The molecule has 0 aliphatic heterocycles. The molecule has 28 heavy (non-hydrogen) atoms. The predicted molar refractivity (Wildman–Crippen MR) is 110 cm³/mol. The minimum atomic E-state index is -0.502. The molecule has 4 rings (SSSR count). The molecule has 4 bridgehead atoms. The van der Waals surface area contributed by atoms with Crippen molar-refractivity contribution in [3.8, 4) is 0 Å². The average molecular weight is 393 g/mol. The van der Waals surface area contributed by atoms with Gasteiger partial charge in [-0.15, -0.1) is 0 Å². The van der Waals surface area contributed by atoms with Crippen molar-refractivity contribution in [3.63, 3.8) is 0 Å². The standard InChI is InChI=1S/C24H40O4/c1-8-18(9-16(2)19(25)27-21(3,4)5)20(26)28-24-12-17-10-22(6,14-24)13-23(7,11-17)15-24/h16-18H,8-15H2,1-7H3. The fraction of sp³-hybridized carbons (Fsp3) is 0.917. The Balaban J connectivity index is 1.65. The topological polar surface area (TPSA) is 52.6 Å². The van der Waals surface area contributed by atoms with Gasteiger partial charge in [0.05, 0.1) is 11.8 Å². The quantitative estimate of drug-likeness (QED) is 0.546. The Morgan fingerprint density at radius 2 is 1.57 bits per heavy atom. The fourth-order valence-electron chi connectivity index (χ4n) is 7.11. The lowest BCUT2D eigenvalue weighted by molar-refractivity contribution is -0.219. The highest BCUT2D eigenvalue weighted by Crippen LogP contribution is 2.67. The van der Waals surface area contributed by atoms with Crippen molar-refractivity contribution in [2.24, 2.45) is 28.6 Å². The zero-order chi connectivity index (χ0) is 21.0. The molecule has 4 saturated carbocycles. The lowest BCUT2D eigenvalue weighted by Crippen LogP contribution is -2.60. The van der Waals surface area contributed by atoms with Crippen LogP contribution in [-0.2, 0) is 19.1 Å². The van der Waals surface area contributed by atoms with Crippen molar-refractivity contribution in [2.45, 2.75) is 111 Å². The summed E-state index contributed by atoms with van der Waals surface area (Å²) in [6.45, 7) is 14.3.